The number of hydrogen-bond acceptors (Lipinski definition) is 0. The lowest BCUT2D eigenvalue weighted by molar-refractivity contribution is 0.700. The van der Waals surface area contributed by atoms with E-state index in [0.717, 1.165) is 11.8 Å². The fourth-order valence-corrected chi connectivity index (χ4v) is 2.14. The Morgan fingerprint density at radius 1 is 1.62 bits per heavy atom. The van der Waals surface area contributed by atoms with Gasteiger partial charge in [-0.15, -0.1) is 0 Å². The molecule has 0 N–H and O–H groups in total. The van der Waals surface area contributed by atoms with Gasteiger partial charge in [-0.3, -0.25) is 0 Å². The average Bonchev–Trinajstić information content (AvgIpc) is 2.47. The summed E-state index contributed by atoms with van der Waals surface area (Å²) in [6, 6.07) is 0. The van der Waals surface area contributed by atoms with Gasteiger partial charge in [0.1, 0.15) is 0 Å². The van der Waals surface area contributed by atoms with E-state index in [-0.39, 0.29) is 0 Å². The zero-order chi connectivity index (χ0) is 5.94. The van der Waals surface area contributed by atoms with Crippen LogP contribution in [0.2, 0.25) is 0 Å². The smallest absolute Gasteiger partial charge is 0.000381 e. The van der Waals surface area contributed by atoms with Crippen LogP contribution in [0.4, 0.5) is 0 Å². The van der Waals surface area contributed by atoms with Gasteiger partial charge in [0, 0.05) is 5.41 Å². The molecular formula is C8H12. The van der Waals surface area contributed by atoms with Gasteiger partial charge in [-0.05, 0) is 18.3 Å². The molecule has 0 amide bonds. The van der Waals surface area contributed by atoms with Crippen LogP contribution in [0, 0.1) is 17.3 Å². The molecule has 0 saturated heterocycles. The molecular weight excluding hydrogens is 96.1 g/mol. The summed E-state index contributed by atoms with van der Waals surface area (Å²) in [5, 5.41) is 0. The summed E-state index contributed by atoms with van der Waals surface area (Å²) in [5.74, 6) is 1.82. The summed E-state index contributed by atoms with van der Waals surface area (Å²) in [6.45, 7) is 8.64. The highest BCUT2D eigenvalue weighted by molar-refractivity contribution is 5.43. The van der Waals surface area contributed by atoms with Crippen molar-refractivity contribution in [1.29, 1.82) is 0 Å². The molecule has 3 atom stereocenters. The van der Waals surface area contributed by atoms with Crippen LogP contribution in [-0.4, -0.2) is 0 Å². The third kappa shape index (κ3) is 0.249. The predicted molar refractivity (Wildman–Crippen MR) is 34.5 cm³/mol. The predicted octanol–water partition coefficient (Wildman–Crippen LogP) is 2.22. The van der Waals surface area contributed by atoms with Crippen LogP contribution in [0.15, 0.2) is 12.2 Å². The molecule has 0 bridgehead atoms. The molecule has 2 aliphatic carbocycles. The van der Waals surface area contributed by atoms with Crippen molar-refractivity contribution in [2.75, 3.05) is 0 Å². The Bertz CT molecular complexity index is 157. The van der Waals surface area contributed by atoms with E-state index in [1.54, 1.807) is 0 Å². The molecule has 0 heterocycles. The fraction of sp³-hybridized carbons (Fsp3) is 0.750. The van der Waals surface area contributed by atoms with Crippen LogP contribution in [0.1, 0.15) is 20.3 Å². The van der Waals surface area contributed by atoms with Gasteiger partial charge in [0.25, 0.3) is 0 Å². The van der Waals surface area contributed by atoms with E-state index in [4.69, 9.17) is 0 Å². The molecule has 0 aliphatic heterocycles. The summed E-state index contributed by atoms with van der Waals surface area (Å²) in [5.41, 5.74) is 2.20. The maximum absolute atomic E-state index is 4.01. The molecule has 0 aromatic rings. The molecule has 0 nitrogen and oxygen atoms in total. The Kier molecular flexibility index (Phi) is 0.516. The quantitative estimate of drug-likeness (QED) is 0.417. The molecule has 0 radical (unpaired) electrons. The zero-order valence-electron chi connectivity index (χ0n) is 5.57. The van der Waals surface area contributed by atoms with E-state index < -0.39 is 0 Å². The first-order chi connectivity index (χ1) is 3.69. The van der Waals surface area contributed by atoms with Crippen LogP contribution in [0.5, 0.6) is 0 Å². The Labute approximate surface area is 50.6 Å². The van der Waals surface area contributed by atoms with Crippen LogP contribution in [-0.2, 0) is 0 Å². The van der Waals surface area contributed by atoms with Crippen LogP contribution >= 0.6 is 0 Å². The molecule has 8 heavy (non-hydrogen) atoms. The van der Waals surface area contributed by atoms with Crippen molar-refractivity contribution in [3.05, 3.63) is 12.2 Å². The van der Waals surface area contributed by atoms with E-state index in [2.05, 4.69) is 20.4 Å². The van der Waals surface area contributed by atoms with Crippen molar-refractivity contribution in [1.82, 2.24) is 0 Å². The van der Waals surface area contributed by atoms with Crippen LogP contribution < -0.4 is 0 Å². The lowest BCUT2D eigenvalue weighted by Gasteiger charge is -1.77. The van der Waals surface area contributed by atoms with Crippen molar-refractivity contribution in [3.63, 3.8) is 0 Å². The van der Waals surface area contributed by atoms with Crippen molar-refractivity contribution in [3.8, 4) is 0 Å². The molecule has 0 aromatic heterocycles. The van der Waals surface area contributed by atoms with E-state index >= 15 is 0 Å². The Hall–Kier alpha value is -0.260. The van der Waals surface area contributed by atoms with Crippen LogP contribution in [0.25, 0.3) is 0 Å². The molecule has 2 saturated carbocycles. The SMILES string of the molecule is C=C1C(C)C12CC2C. The third-order valence-electron chi connectivity index (χ3n) is 3.17. The highest BCUT2D eigenvalue weighted by Crippen LogP contribution is 2.77. The first kappa shape index (κ1) is 4.60. The second-order valence-electron chi connectivity index (χ2n) is 3.39. The summed E-state index contributed by atoms with van der Waals surface area (Å²) in [7, 11) is 0. The number of rotatable bonds is 0. The highest BCUT2D eigenvalue weighted by atomic mass is 14.7. The molecule has 3 unspecified atom stereocenters. The monoisotopic (exact) mass is 108 g/mol. The molecule has 0 heteroatoms. The summed E-state index contributed by atoms with van der Waals surface area (Å²) < 4.78 is 0. The van der Waals surface area contributed by atoms with Gasteiger partial charge >= 0.3 is 0 Å². The van der Waals surface area contributed by atoms with Gasteiger partial charge in [-0.2, -0.15) is 0 Å². The van der Waals surface area contributed by atoms with Gasteiger partial charge in [-0.1, -0.05) is 26.0 Å². The first-order valence-electron chi connectivity index (χ1n) is 3.39. The third-order valence-corrected chi connectivity index (χ3v) is 3.17. The van der Waals surface area contributed by atoms with E-state index in [1.165, 1.54) is 12.0 Å². The Balaban J connectivity index is 2.25. The average molecular weight is 108 g/mol. The van der Waals surface area contributed by atoms with Gasteiger partial charge in [-0.25, -0.2) is 0 Å². The minimum Gasteiger partial charge on any atom is -0.0990 e. The molecule has 2 fully saturated rings. The van der Waals surface area contributed by atoms with Crippen LogP contribution in [0.3, 0.4) is 0 Å². The van der Waals surface area contributed by atoms with E-state index in [9.17, 15) is 0 Å². The van der Waals surface area contributed by atoms with Gasteiger partial charge in [0.2, 0.25) is 0 Å². The molecule has 2 aliphatic rings. The zero-order valence-corrected chi connectivity index (χ0v) is 5.57. The molecule has 2 rings (SSSR count). The Morgan fingerprint density at radius 3 is 2.00 bits per heavy atom. The van der Waals surface area contributed by atoms with Gasteiger partial charge in [0.15, 0.2) is 0 Å². The maximum Gasteiger partial charge on any atom is 0.000381 e. The summed E-state index contributed by atoms with van der Waals surface area (Å²) in [4.78, 5) is 0. The standard InChI is InChI=1S/C8H12/c1-5-4-8(5)6(2)7(8)3/h5,7H,2,4H2,1,3H3. The maximum atomic E-state index is 4.01. The summed E-state index contributed by atoms with van der Waals surface area (Å²) in [6.07, 6.45) is 1.42. The minimum absolute atomic E-state index is 0.681. The number of allylic oxidation sites excluding steroid dienone is 1. The molecule has 44 valence electrons. The lowest BCUT2D eigenvalue weighted by atomic mass is 10.3. The number of hydrogen-bond donors (Lipinski definition) is 0. The fourth-order valence-electron chi connectivity index (χ4n) is 2.14. The van der Waals surface area contributed by atoms with E-state index in [1.807, 2.05) is 0 Å². The molecule has 1 spiro atoms. The second kappa shape index (κ2) is 0.896. The highest BCUT2D eigenvalue weighted by Gasteiger charge is 2.69. The second-order valence-corrected chi connectivity index (χ2v) is 3.39. The van der Waals surface area contributed by atoms with E-state index in [0.29, 0.717) is 5.41 Å². The molecule has 0 aromatic carbocycles. The van der Waals surface area contributed by atoms with Crippen molar-refractivity contribution in [2.45, 2.75) is 20.3 Å². The van der Waals surface area contributed by atoms with Crippen molar-refractivity contribution >= 4 is 0 Å². The topological polar surface area (TPSA) is 0 Å². The van der Waals surface area contributed by atoms with Gasteiger partial charge < -0.3 is 0 Å². The lowest BCUT2D eigenvalue weighted by Crippen LogP contribution is -1.73. The normalized spacial score (nSPS) is 59.5. The minimum atomic E-state index is 0.681. The largest absolute Gasteiger partial charge is 0.0990 e. The van der Waals surface area contributed by atoms with Crippen molar-refractivity contribution in [2.24, 2.45) is 17.3 Å². The van der Waals surface area contributed by atoms with Crippen molar-refractivity contribution < 1.29 is 0 Å². The first-order valence-corrected chi connectivity index (χ1v) is 3.39. The van der Waals surface area contributed by atoms with Gasteiger partial charge in [0.05, 0.1) is 0 Å². The Morgan fingerprint density at radius 2 is 2.00 bits per heavy atom. The summed E-state index contributed by atoms with van der Waals surface area (Å²) >= 11 is 0.